The molecule has 1 aromatic rings. The Morgan fingerprint density at radius 2 is 1.80 bits per heavy atom. The molecule has 4 nitrogen and oxygen atoms in total. The zero-order valence-electron chi connectivity index (χ0n) is 11.9. The third kappa shape index (κ3) is 5.40. The van der Waals surface area contributed by atoms with Gasteiger partial charge in [0.1, 0.15) is 0 Å². The van der Waals surface area contributed by atoms with Gasteiger partial charge in [0.05, 0.1) is 10.6 Å². The van der Waals surface area contributed by atoms with Gasteiger partial charge in [-0.05, 0) is 44.5 Å². The molecule has 0 aliphatic heterocycles. The maximum atomic E-state index is 12.2. The maximum Gasteiger partial charge on any atom is 0.179 e. The Balaban J connectivity index is 2.68. The molecule has 0 bridgehead atoms. The Morgan fingerprint density at radius 3 is 2.30 bits per heavy atom. The van der Waals surface area contributed by atoms with E-state index in [-0.39, 0.29) is 18.4 Å². The number of benzene rings is 1. The van der Waals surface area contributed by atoms with Crippen molar-refractivity contribution in [1.29, 1.82) is 0 Å². The van der Waals surface area contributed by atoms with Gasteiger partial charge in [-0.15, -0.1) is 0 Å². The van der Waals surface area contributed by atoms with Crippen molar-refractivity contribution in [2.24, 2.45) is 0 Å². The molecule has 0 heterocycles. The Hall–Kier alpha value is -0.620. The van der Waals surface area contributed by atoms with Gasteiger partial charge in [0, 0.05) is 30.8 Å². The van der Waals surface area contributed by atoms with E-state index in [1.807, 2.05) is 13.8 Å². The van der Waals surface area contributed by atoms with E-state index in [0.717, 1.165) is 0 Å². The first-order valence-corrected chi connectivity index (χ1v) is 8.73. The minimum absolute atomic E-state index is 0.0677. The summed E-state index contributed by atoms with van der Waals surface area (Å²) in [6.45, 7) is 5.32. The van der Waals surface area contributed by atoms with E-state index in [9.17, 15) is 8.42 Å². The van der Waals surface area contributed by atoms with Crippen LogP contribution in [-0.2, 0) is 9.84 Å². The summed E-state index contributed by atoms with van der Waals surface area (Å²) in [5, 5.41) is 9.40. The first-order chi connectivity index (χ1) is 9.36. The van der Waals surface area contributed by atoms with Gasteiger partial charge >= 0.3 is 0 Å². The predicted molar refractivity (Wildman–Crippen MR) is 81.9 cm³/mol. The topological polar surface area (TPSA) is 57.6 Å². The average molecular weight is 320 g/mol. The maximum absolute atomic E-state index is 12.2. The molecule has 0 aliphatic carbocycles. The number of sulfone groups is 1. The summed E-state index contributed by atoms with van der Waals surface area (Å²) in [4.78, 5) is 2.36. The summed E-state index contributed by atoms with van der Waals surface area (Å²) in [5.74, 6) is 0.0677. The molecular weight excluding hydrogens is 298 g/mol. The second kappa shape index (κ2) is 7.98. The van der Waals surface area contributed by atoms with Crippen LogP contribution in [0.3, 0.4) is 0 Å². The molecule has 0 saturated carbocycles. The van der Waals surface area contributed by atoms with E-state index >= 15 is 0 Å². The third-order valence-electron chi connectivity index (χ3n) is 3.15. The van der Waals surface area contributed by atoms with Crippen LogP contribution in [-0.4, -0.2) is 49.9 Å². The van der Waals surface area contributed by atoms with Gasteiger partial charge < -0.3 is 5.11 Å². The molecule has 1 rings (SSSR count). The van der Waals surface area contributed by atoms with Crippen LogP contribution in [0.15, 0.2) is 29.2 Å². The molecule has 6 heteroatoms. The lowest BCUT2D eigenvalue weighted by Crippen LogP contribution is -2.36. The van der Waals surface area contributed by atoms with Gasteiger partial charge in [-0.1, -0.05) is 11.6 Å². The Bertz CT molecular complexity index is 500. The smallest absolute Gasteiger partial charge is 0.179 e. The minimum atomic E-state index is -3.29. The van der Waals surface area contributed by atoms with Gasteiger partial charge in [-0.3, -0.25) is 4.90 Å². The minimum Gasteiger partial charge on any atom is -0.396 e. The molecule has 1 aromatic carbocycles. The highest BCUT2D eigenvalue weighted by Gasteiger charge is 2.17. The van der Waals surface area contributed by atoms with Crippen molar-refractivity contribution in [1.82, 2.24) is 4.90 Å². The molecule has 0 unspecified atom stereocenters. The van der Waals surface area contributed by atoms with Crippen LogP contribution < -0.4 is 0 Å². The Labute approximate surface area is 126 Å². The summed E-state index contributed by atoms with van der Waals surface area (Å²) < 4.78 is 24.5. The number of hydrogen-bond acceptors (Lipinski definition) is 4. The summed E-state index contributed by atoms with van der Waals surface area (Å²) in [6.07, 6.45) is 0.652. The molecule has 1 N–H and O–H groups in total. The second-order valence-electron chi connectivity index (χ2n) is 4.98. The molecule has 0 fully saturated rings. The summed E-state index contributed by atoms with van der Waals surface area (Å²) in [7, 11) is -3.29. The van der Waals surface area contributed by atoms with Crippen molar-refractivity contribution in [2.45, 2.75) is 31.2 Å². The van der Waals surface area contributed by atoms with Crippen LogP contribution in [0.2, 0.25) is 5.02 Å². The number of nitrogens with zero attached hydrogens (tertiary/aromatic N) is 1. The van der Waals surface area contributed by atoms with E-state index < -0.39 is 9.84 Å². The third-order valence-corrected chi connectivity index (χ3v) is 5.12. The van der Waals surface area contributed by atoms with E-state index in [1.165, 1.54) is 12.1 Å². The number of rotatable bonds is 8. The highest BCUT2D eigenvalue weighted by molar-refractivity contribution is 7.91. The van der Waals surface area contributed by atoms with Gasteiger partial charge in [-0.2, -0.15) is 0 Å². The molecule has 114 valence electrons. The lowest BCUT2D eigenvalue weighted by molar-refractivity contribution is 0.200. The Morgan fingerprint density at radius 1 is 1.20 bits per heavy atom. The SMILES string of the molecule is CC(C)N(CCCO)CCS(=O)(=O)c1ccc(Cl)cc1. The number of hydrogen-bond donors (Lipinski definition) is 1. The Kier molecular flexibility index (Phi) is 6.95. The highest BCUT2D eigenvalue weighted by Crippen LogP contribution is 2.16. The zero-order valence-corrected chi connectivity index (χ0v) is 13.5. The summed E-state index contributed by atoms with van der Waals surface area (Å²) in [6, 6.07) is 6.48. The molecule has 0 aliphatic rings. The van der Waals surface area contributed by atoms with Crippen molar-refractivity contribution < 1.29 is 13.5 Å². The van der Waals surface area contributed by atoms with E-state index in [0.29, 0.717) is 29.4 Å². The normalized spacial score (nSPS) is 12.3. The monoisotopic (exact) mass is 319 g/mol. The van der Waals surface area contributed by atoms with Gasteiger partial charge in [0.25, 0.3) is 0 Å². The molecule has 0 amide bonds. The van der Waals surface area contributed by atoms with Gasteiger partial charge in [-0.25, -0.2) is 8.42 Å². The van der Waals surface area contributed by atoms with E-state index in [2.05, 4.69) is 4.90 Å². The lowest BCUT2D eigenvalue weighted by atomic mass is 10.3. The summed E-state index contributed by atoms with van der Waals surface area (Å²) in [5.41, 5.74) is 0. The van der Waals surface area contributed by atoms with Crippen LogP contribution in [0.4, 0.5) is 0 Å². The number of halogens is 1. The average Bonchev–Trinajstić information content (AvgIpc) is 2.38. The van der Waals surface area contributed by atoms with Crippen molar-refractivity contribution in [3.63, 3.8) is 0 Å². The number of aliphatic hydroxyl groups is 1. The number of aliphatic hydroxyl groups excluding tert-OH is 1. The van der Waals surface area contributed by atoms with E-state index in [4.69, 9.17) is 16.7 Å². The first kappa shape index (κ1) is 17.4. The van der Waals surface area contributed by atoms with Crippen LogP contribution in [0, 0.1) is 0 Å². The largest absolute Gasteiger partial charge is 0.396 e. The van der Waals surface area contributed by atoms with Crippen molar-refractivity contribution >= 4 is 21.4 Å². The molecular formula is C14H22ClNO3S. The zero-order chi connectivity index (χ0) is 15.2. The van der Waals surface area contributed by atoms with Crippen LogP contribution >= 0.6 is 11.6 Å². The molecule has 0 atom stereocenters. The van der Waals surface area contributed by atoms with Crippen molar-refractivity contribution in [3.05, 3.63) is 29.3 Å². The van der Waals surface area contributed by atoms with Crippen molar-refractivity contribution in [3.8, 4) is 0 Å². The molecule has 0 radical (unpaired) electrons. The second-order valence-corrected chi connectivity index (χ2v) is 7.53. The summed E-state index contributed by atoms with van der Waals surface area (Å²) >= 11 is 5.76. The molecule has 0 spiro atoms. The predicted octanol–water partition coefficient (Wildman–Crippen LogP) is 2.21. The van der Waals surface area contributed by atoms with Crippen LogP contribution in [0.25, 0.3) is 0 Å². The van der Waals surface area contributed by atoms with Gasteiger partial charge in [0.15, 0.2) is 9.84 Å². The molecule has 20 heavy (non-hydrogen) atoms. The fraction of sp³-hybridized carbons (Fsp3) is 0.571. The highest BCUT2D eigenvalue weighted by atomic mass is 35.5. The van der Waals surface area contributed by atoms with Crippen LogP contribution in [0.1, 0.15) is 20.3 Å². The van der Waals surface area contributed by atoms with Crippen LogP contribution in [0.5, 0.6) is 0 Å². The molecule has 0 saturated heterocycles. The van der Waals surface area contributed by atoms with E-state index in [1.54, 1.807) is 12.1 Å². The standard InChI is InChI=1S/C14H22ClNO3S/c1-12(2)16(8-3-10-17)9-11-20(18,19)14-6-4-13(15)5-7-14/h4-7,12,17H,3,8-11H2,1-2H3. The van der Waals surface area contributed by atoms with Crippen molar-refractivity contribution in [2.75, 3.05) is 25.4 Å². The fourth-order valence-corrected chi connectivity index (χ4v) is 3.29. The quantitative estimate of drug-likeness (QED) is 0.798. The van der Waals surface area contributed by atoms with Gasteiger partial charge in [0.2, 0.25) is 0 Å². The first-order valence-electron chi connectivity index (χ1n) is 6.70. The fourth-order valence-electron chi connectivity index (χ4n) is 1.90. The lowest BCUT2D eigenvalue weighted by Gasteiger charge is -2.25. The molecule has 0 aromatic heterocycles.